The molecule has 0 bridgehead atoms. The molecule has 5 unspecified atom stereocenters. The summed E-state index contributed by atoms with van der Waals surface area (Å²) in [7, 11) is -1.35. The molecule has 1 saturated heterocycles. The Hall–Kier alpha value is -7.65. The van der Waals surface area contributed by atoms with Crippen molar-refractivity contribution in [1.29, 1.82) is 0 Å². The van der Waals surface area contributed by atoms with Gasteiger partial charge in [-0.05, 0) is 31.5 Å². The molecule has 8 amide bonds. The van der Waals surface area contributed by atoms with E-state index in [-0.39, 0.29) is 130 Å². The van der Waals surface area contributed by atoms with Crippen molar-refractivity contribution >= 4 is 88.6 Å². The number of amides is 8. The van der Waals surface area contributed by atoms with Gasteiger partial charge in [-0.1, -0.05) is 30.3 Å². The van der Waals surface area contributed by atoms with Crippen molar-refractivity contribution < 1.29 is 96.5 Å². The maximum absolute atomic E-state index is 15.2. The summed E-state index contributed by atoms with van der Waals surface area (Å²) in [4.78, 5) is 108. The van der Waals surface area contributed by atoms with Gasteiger partial charge in [0.2, 0.25) is 23.6 Å². The number of imide groups is 1. The predicted molar refractivity (Wildman–Crippen MR) is 308 cm³/mol. The van der Waals surface area contributed by atoms with Crippen molar-refractivity contribution in [1.82, 2.24) is 41.1 Å². The summed E-state index contributed by atoms with van der Waals surface area (Å²) < 4.78 is 120. The van der Waals surface area contributed by atoms with Gasteiger partial charge < -0.3 is 65.2 Å². The second kappa shape index (κ2) is 30.8. The molecule has 1 fully saturated rings. The first kappa shape index (κ1) is 66.9. The first-order valence-corrected chi connectivity index (χ1v) is 31.3. The Morgan fingerprint density at radius 3 is 1.97 bits per heavy atom. The van der Waals surface area contributed by atoms with E-state index in [0.29, 0.717) is 5.56 Å². The summed E-state index contributed by atoms with van der Waals surface area (Å²) in [5.41, 5.74) is 0.689. The number of carbonyl (C=O) groups excluding carboxylic acids is 8. The van der Waals surface area contributed by atoms with Crippen molar-refractivity contribution in [2.45, 2.75) is 76.0 Å². The Balaban J connectivity index is 1.06. The molecule has 29 nitrogen and oxygen atoms in total. The van der Waals surface area contributed by atoms with Gasteiger partial charge >= 0.3 is 22.7 Å². The van der Waals surface area contributed by atoms with Crippen LogP contribution in [-0.4, -0.2) is 208 Å². The van der Waals surface area contributed by atoms with Crippen LogP contribution in [0.2, 0.25) is 0 Å². The minimum atomic E-state index is -3.91. The van der Waals surface area contributed by atoms with Crippen LogP contribution in [0.15, 0.2) is 66.7 Å². The highest BCUT2D eigenvalue weighted by molar-refractivity contribution is 7.74. The fourth-order valence-electron chi connectivity index (χ4n) is 9.73. The van der Waals surface area contributed by atoms with Gasteiger partial charge in [0.1, 0.15) is 24.4 Å². The van der Waals surface area contributed by atoms with Gasteiger partial charge in [0.05, 0.1) is 82.2 Å². The summed E-state index contributed by atoms with van der Waals surface area (Å²) in [5, 5.41) is 18.9. The third-order valence-corrected chi connectivity index (χ3v) is 17.3. The average molecular weight is 1280 g/mol. The van der Waals surface area contributed by atoms with E-state index in [0.717, 1.165) is 22.0 Å². The molecule has 3 aromatic carbocycles. The van der Waals surface area contributed by atoms with E-state index in [1.165, 1.54) is 57.2 Å². The highest BCUT2D eigenvalue weighted by Crippen LogP contribution is 2.44. The van der Waals surface area contributed by atoms with Crippen LogP contribution in [0.5, 0.6) is 23.0 Å². The molecule has 7 rings (SSSR count). The Bertz CT molecular complexity index is 3170. The van der Waals surface area contributed by atoms with Crippen molar-refractivity contribution in [3.63, 3.8) is 0 Å². The van der Waals surface area contributed by atoms with E-state index in [1.807, 2.05) is 0 Å². The highest BCUT2D eigenvalue weighted by Gasteiger charge is 2.45. The third-order valence-electron chi connectivity index (χ3n) is 14.0. The number of nitrogens with one attached hydrogen (secondary N) is 7. The van der Waals surface area contributed by atoms with E-state index in [1.54, 1.807) is 30.3 Å². The molecule has 4 heterocycles. The number of nitrogens with zero attached hydrogens (tertiary/aromatic N) is 3. The Kier molecular flexibility index (Phi) is 23.7. The second-order valence-corrected chi connectivity index (χ2v) is 24.5. The van der Waals surface area contributed by atoms with Gasteiger partial charge in [-0.25, -0.2) is 17.1 Å². The van der Waals surface area contributed by atoms with Crippen LogP contribution in [0.3, 0.4) is 0 Å². The zero-order valence-corrected chi connectivity index (χ0v) is 50.0. The summed E-state index contributed by atoms with van der Waals surface area (Å²) in [6.07, 6.45) is -4.49. The minimum absolute atomic E-state index is 0.00110. The van der Waals surface area contributed by atoms with E-state index in [2.05, 4.69) is 37.0 Å². The van der Waals surface area contributed by atoms with Crippen LogP contribution in [0.4, 0.5) is 20.2 Å². The fourth-order valence-corrected chi connectivity index (χ4v) is 12.1. The van der Waals surface area contributed by atoms with E-state index < -0.39 is 127 Å². The SMILES string of the molecule is COc1cc2c(cc1OCCP(=O)(CCOc1cc3c(cc1OC)C(=O)N1C[C@H](F)C[C@H]1C(OS(=O)O)N3)NCC(=O)N[C@@H](Cc1ccccc1)C(=O)N[C@@H](C)C(=O)NCCNC(=O)CCN1C(=O)C=CC1=O)NC(OS(=O)O)CN(C[C@@H](C)F)C2=O. The number of methoxy groups -OCH3 is 2. The lowest BCUT2D eigenvalue weighted by molar-refractivity contribution is -0.137. The van der Waals surface area contributed by atoms with Crippen LogP contribution < -0.4 is 55.9 Å². The first-order chi connectivity index (χ1) is 41.4. The second-order valence-electron chi connectivity index (χ2n) is 20.2. The molecule has 0 aliphatic carbocycles. The Morgan fingerprint density at radius 2 is 1.37 bits per heavy atom. The normalized spacial score (nSPS) is 20.3. The predicted octanol–water partition coefficient (Wildman–Crippen LogP) is 0.972. The number of rotatable bonds is 31. The van der Waals surface area contributed by atoms with Gasteiger partial charge in [0.15, 0.2) is 42.7 Å². The minimum Gasteiger partial charge on any atom is -0.493 e. The number of fused-ring (bicyclic) bond motifs is 3. The number of benzene rings is 3. The van der Waals surface area contributed by atoms with Crippen molar-refractivity contribution in [2.24, 2.45) is 0 Å². The maximum Gasteiger partial charge on any atom is 0.304 e. The molecule has 34 heteroatoms. The van der Waals surface area contributed by atoms with E-state index >= 15 is 4.57 Å². The number of anilines is 2. The molecular formula is C53H67F2N10O19PS2. The summed E-state index contributed by atoms with van der Waals surface area (Å²) in [6.45, 7) is -0.0549. The quantitative estimate of drug-likeness (QED) is 0.0188. The lowest BCUT2D eigenvalue weighted by Gasteiger charge is -2.27. The smallest absolute Gasteiger partial charge is 0.304 e. The Morgan fingerprint density at radius 1 is 0.770 bits per heavy atom. The third kappa shape index (κ3) is 18.4. The molecule has 0 aromatic heterocycles. The molecule has 0 saturated carbocycles. The summed E-state index contributed by atoms with van der Waals surface area (Å²) >= 11 is -5.65. The summed E-state index contributed by atoms with van der Waals surface area (Å²) in [6, 6.07) is 10.4. The number of alkyl halides is 2. The largest absolute Gasteiger partial charge is 0.493 e. The van der Waals surface area contributed by atoms with Gasteiger partial charge in [0.25, 0.3) is 23.6 Å². The molecule has 9 N–H and O–H groups in total. The maximum atomic E-state index is 15.2. The molecule has 474 valence electrons. The van der Waals surface area contributed by atoms with Crippen LogP contribution in [-0.2, 0) is 70.8 Å². The van der Waals surface area contributed by atoms with Crippen molar-refractivity contribution in [3.8, 4) is 23.0 Å². The molecule has 87 heavy (non-hydrogen) atoms. The molecule has 0 radical (unpaired) electrons. The zero-order chi connectivity index (χ0) is 63.1. The Labute approximate surface area is 503 Å². The van der Waals surface area contributed by atoms with Gasteiger partial charge in [-0.2, -0.15) is 8.42 Å². The fraction of sp³-hybridized carbons (Fsp3) is 0.472. The van der Waals surface area contributed by atoms with E-state index in [4.69, 9.17) is 27.3 Å². The monoisotopic (exact) mass is 1280 g/mol. The zero-order valence-electron chi connectivity index (χ0n) is 47.5. The topological polar surface area (TPSA) is 378 Å². The number of carbonyl (C=O) groups is 8. The number of hydrogen-bond donors (Lipinski definition) is 9. The summed E-state index contributed by atoms with van der Waals surface area (Å²) in [5.74, 6) is -5.11. The number of hydrogen-bond acceptors (Lipinski definition) is 19. The first-order valence-electron chi connectivity index (χ1n) is 27.2. The molecule has 4 aliphatic rings. The molecule has 10 atom stereocenters. The molecule has 4 aliphatic heterocycles. The highest BCUT2D eigenvalue weighted by atomic mass is 32.2. The van der Waals surface area contributed by atoms with Crippen molar-refractivity contribution in [3.05, 3.63) is 83.4 Å². The van der Waals surface area contributed by atoms with Gasteiger partial charge in [-0.15, -0.1) is 0 Å². The molecule has 3 aromatic rings. The van der Waals surface area contributed by atoms with Crippen LogP contribution in [0, 0.1) is 0 Å². The molecular weight excluding hydrogens is 1210 g/mol. The molecule has 0 spiro atoms. The number of halogens is 2. The van der Waals surface area contributed by atoms with Crippen LogP contribution in [0.25, 0.3) is 0 Å². The average Bonchev–Trinajstić information content (AvgIpc) is 1.94. The van der Waals surface area contributed by atoms with E-state index in [9.17, 15) is 64.7 Å². The standard InChI is InChI=1S/C53H67F2N10O19PS2/c1-30(54)27-63-29-46(83-86(75)76)61-36-24-42(40(79-3)22-34(36)52(63)72)81-16-18-85(74,19-17-82-43-25-37-35(23-41(43)80-4)53(73)65-28-33(55)21-39(65)51(62-37)84-87(77)78)58-26-45(67)60-38(20-32-8-6-5-7-9-32)50(71)59-31(2)49(70)57-14-13-56-44(66)12-15-64-47(68)10-11-48(64)69/h5-11,22-25,30-31,33,38-39,46,51,61-62H,12-21,26-29H2,1-4H3,(H,56,66)(H,57,70)(H,58,74)(H,59,71)(H,60,67)(H,75,76)(H,77,78)/t30-,31+,33-,38+,39+,46?,51?,85?/m1/s1. The van der Waals surface area contributed by atoms with Crippen LogP contribution in [0.1, 0.15) is 53.0 Å². The van der Waals surface area contributed by atoms with Crippen LogP contribution >= 0.6 is 7.29 Å². The van der Waals surface area contributed by atoms with Crippen molar-refractivity contribution in [2.75, 3.05) is 96.2 Å². The van der Waals surface area contributed by atoms with Gasteiger partial charge in [-0.3, -0.25) is 57.4 Å². The number of ether oxygens (including phenoxy) is 4. The van der Waals surface area contributed by atoms with Gasteiger partial charge in [0, 0.05) is 75.5 Å². The lowest BCUT2D eigenvalue weighted by Crippen LogP contribution is -2.54. The lowest BCUT2D eigenvalue weighted by atomic mass is 10.0.